The molecule has 0 rings (SSSR count). The molecule has 5 nitrogen and oxygen atoms in total. The van der Waals surface area contributed by atoms with Crippen molar-refractivity contribution in [1.29, 1.82) is 0 Å². The topological polar surface area (TPSA) is 75.3 Å². The van der Waals surface area contributed by atoms with Crippen LogP contribution in [0.25, 0.3) is 0 Å². The van der Waals surface area contributed by atoms with E-state index in [2.05, 4.69) is 10.6 Å². The summed E-state index contributed by atoms with van der Waals surface area (Å²) in [6, 6.07) is 0. The average molecular weight is 236 g/mol. The molecule has 0 aromatic rings. The van der Waals surface area contributed by atoms with Crippen LogP contribution < -0.4 is 10.6 Å². The molecule has 0 bridgehead atoms. The number of hydrogen-bond acceptors (Lipinski definition) is 4. The molecule has 0 saturated heterocycles. The molecule has 0 aliphatic rings. The van der Waals surface area contributed by atoms with Crippen molar-refractivity contribution < 1.29 is 13.2 Å². The second-order valence-electron chi connectivity index (χ2n) is 4.30. The van der Waals surface area contributed by atoms with E-state index in [1.54, 1.807) is 20.9 Å². The van der Waals surface area contributed by atoms with Gasteiger partial charge in [-0.15, -0.1) is 0 Å². The van der Waals surface area contributed by atoms with Gasteiger partial charge in [0, 0.05) is 19.3 Å². The van der Waals surface area contributed by atoms with Crippen LogP contribution in [0, 0.1) is 5.41 Å². The van der Waals surface area contributed by atoms with Crippen LogP contribution in [0.1, 0.15) is 13.8 Å². The summed E-state index contributed by atoms with van der Waals surface area (Å²) >= 11 is 0. The third-order valence-electron chi connectivity index (χ3n) is 1.99. The Morgan fingerprint density at radius 2 is 1.87 bits per heavy atom. The molecule has 90 valence electrons. The fourth-order valence-electron chi connectivity index (χ4n) is 1.11. The van der Waals surface area contributed by atoms with Gasteiger partial charge in [0.2, 0.25) is 5.91 Å². The number of nitrogens with one attached hydrogen (secondary N) is 2. The first-order valence-corrected chi connectivity index (χ1v) is 6.86. The van der Waals surface area contributed by atoms with Crippen LogP contribution in [0.2, 0.25) is 0 Å². The molecule has 15 heavy (non-hydrogen) atoms. The zero-order valence-electron chi connectivity index (χ0n) is 9.75. The summed E-state index contributed by atoms with van der Waals surface area (Å²) in [7, 11) is -1.24. The third-order valence-corrected chi connectivity index (χ3v) is 2.94. The Balaban J connectivity index is 4.04. The Morgan fingerprint density at radius 3 is 2.27 bits per heavy atom. The molecular weight excluding hydrogens is 216 g/mol. The maximum absolute atomic E-state index is 11.6. The first-order chi connectivity index (χ1) is 6.69. The van der Waals surface area contributed by atoms with E-state index >= 15 is 0 Å². The molecule has 6 heteroatoms. The highest BCUT2D eigenvalue weighted by Gasteiger charge is 2.26. The highest BCUT2D eigenvalue weighted by molar-refractivity contribution is 7.90. The standard InChI is InChI=1S/C9H20N2O3S/c1-9(2,7-10-3)8(12)11-5-6-15(4,13)14/h10H,5-7H2,1-4H3,(H,11,12). The lowest BCUT2D eigenvalue weighted by Crippen LogP contribution is -2.43. The summed E-state index contributed by atoms with van der Waals surface area (Å²) in [6.07, 6.45) is 1.15. The number of hydrogen-bond donors (Lipinski definition) is 2. The van der Waals surface area contributed by atoms with Gasteiger partial charge in [-0.2, -0.15) is 0 Å². The van der Waals surface area contributed by atoms with Crippen LogP contribution in [0.4, 0.5) is 0 Å². The third kappa shape index (κ3) is 6.46. The quantitative estimate of drug-likeness (QED) is 0.645. The average Bonchev–Trinajstić information content (AvgIpc) is 2.01. The van der Waals surface area contributed by atoms with Gasteiger partial charge < -0.3 is 10.6 Å². The van der Waals surface area contributed by atoms with Crippen molar-refractivity contribution >= 4 is 15.7 Å². The van der Waals surface area contributed by atoms with Crippen molar-refractivity contribution in [3.63, 3.8) is 0 Å². The molecule has 0 fully saturated rings. The predicted molar refractivity (Wildman–Crippen MR) is 60.4 cm³/mol. The van der Waals surface area contributed by atoms with E-state index in [-0.39, 0.29) is 18.2 Å². The van der Waals surface area contributed by atoms with Crippen LogP contribution in [0.3, 0.4) is 0 Å². The number of rotatable bonds is 6. The highest BCUT2D eigenvalue weighted by atomic mass is 32.2. The van der Waals surface area contributed by atoms with Crippen molar-refractivity contribution in [3.05, 3.63) is 0 Å². The molecule has 0 saturated carbocycles. The van der Waals surface area contributed by atoms with Gasteiger partial charge in [-0.05, 0) is 20.9 Å². The van der Waals surface area contributed by atoms with Gasteiger partial charge in [0.15, 0.2) is 0 Å². The molecule has 0 aromatic heterocycles. The number of carbonyl (C=O) groups excluding carboxylic acids is 1. The van der Waals surface area contributed by atoms with Crippen LogP contribution >= 0.6 is 0 Å². The second kappa shape index (κ2) is 5.46. The Hall–Kier alpha value is -0.620. The zero-order chi connectivity index (χ0) is 12.1. The number of sulfone groups is 1. The highest BCUT2D eigenvalue weighted by Crippen LogP contribution is 2.12. The number of carbonyl (C=O) groups is 1. The largest absolute Gasteiger partial charge is 0.355 e. The maximum Gasteiger partial charge on any atom is 0.226 e. The number of amides is 1. The van der Waals surface area contributed by atoms with Crippen molar-refractivity contribution in [3.8, 4) is 0 Å². The van der Waals surface area contributed by atoms with E-state index in [0.29, 0.717) is 6.54 Å². The minimum atomic E-state index is -3.01. The van der Waals surface area contributed by atoms with Crippen LogP contribution in [0.15, 0.2) is 0 Å². The van der Waals surface area contributed by atoms with E-state index in [9.17, 15) is 13.2 Å². The molecule has 0 aliphatic heterocycles. The van der Waals surface area contributed by atoms with Gasteiger partial charge in [0.25, 0.3) is 0 Å². The molecule has 1 amide bonds. The summed E-state index contributed by atoms with van der Waals surface area (Å²) in [5, 5.41) is 5.52. The van der Waals surface area contributed by atoms with Gasteiger partial charge in [0.05, 0.1) is 11.2 Å². The summed E-state index contributed by atoms with van der Waals surface area (Å²) in [5.41, 5.74) is -0.522. The molecule has 0 heterocycles. The first-order valence-electron chi connectivity index (χ1n) is 4.80. The van der Waals surface area contributed by atoms with Crippen molar-refractivity contribution in [1.82, 2.24) is 10.6 Å². The minimum absolute atomic E-state index is 0.0195. The van der Waals surface area contributed by atoms with Gasteiger partial charge in [-0.3, -0.25) is 4.79 Å². The molecule has 2 N–H and O–H groups in total. The lowest BCUT2D eigenvalue weighted by Gasteiger charge is -2.22. The summed E-state index contributed by atoms with van der Waals surface area (Å²) in [6.45, 7) is 4.33. The fraction of sp³-hybridized carbons (Fsp3) is 0.889. The molecule has 0 aliphatic carbocycles. The smallest absolute Gasteiger partial charge is 0.226 e. The lowest BCUT2D eigenvalue weighted by atomic mass is 9.92. The van der Waals surface area contributed by atoms with E-state index in [1.165, 1.54) is 0 Å². The monoisotopic (exact) mass is 236 g/mol. The fourth-order valence-corrected chi connectivity index (χ4v) is 1.58. The van der Waals surface area contributed by atoms with E-state index in [4.69, 9.17) is 0 Å². The predicted octanol–water partition coefficient (Wildman–Crippen LogP) is -0.607. The zero-order valence-corrected chi connectivity index (χ0v) is 10.6. The summed E-state index contributed by atoms with van der Waals surface area (Å²) < 4.78 is 21.6. The van der Waals surface area contributed by atoms with E-state index in [1.807, 2.05) is 0 Å². The summed E-state index contributed by atoms with van der Waals surface area (Å²) in [4.78, 5) is 11.6. The first kappa shape index (κ1) is 14.4. The molecule has 0 radical (unpaired) electrons. The molecule has 0 aromatic carbocycles. The summed E-state index contributed by atoms with van der Waals surface area (Å²) in [5.74, 6) is -0.158. The Labute approximate surface area is 91.5 Å². The lowest BCUT2D eigenvalue weighted by molar-refractivity contribution is -0.128. The maximum atomic E-state index is 11.6. The van der Waals surface area contributed by atoms with Gasteiger partial charge in [-0.25, -0.2) is 8.42 Å². The van der Waals surface area contributed by atoms with Crippen molar-refractivity contribution in [2.75, 3.05) is 32.1 Å². The molecule has 0 atom stereocenters. The van der Waals surface area contributed by atoms with E-state index < -0.39 is 15.3 Å². The molecular formula is C9H20N2O3S. The van der Waals surface area contributed by atoms with Crippen molar-refractivity contribution in [2.24, 2.45) is 5.41 Å². The normalized spacial score (nSPS) is 12.5. The Bertz CT molecular complexity index is 309. The second-order valence-corrected chi connectivity index (χ2v) is 6.56. The molecule has 0 spiro atoms. The molecule has 0 unspecified atom stereocenters. The van der Waals surface area contributed by atoms with Gasteiger partial charge >= 0.3 is 0 Å². The SMILES string of the molecule is CNCC(C)(C)C(=O)NCCS(C)(=O)=O. The van der Waals surface area contributed by atoms with Gasteiger partial charge in [0.1, 0.15) is 9.84 Å². The Morgan fingerprint density at radius 1 is 1.33 bits per heavy atom. The van der Waals surface area contributed by atoms with Gasteiger partial charge in [-0.1, -0.05) is 0 Å². The van der Waals surface area contributed by atoms with Crippen LogP contribution in [0.5, 0.6) is 0 Å². The van der Waals surface area contributed by atoms with Crippen LogP contribution in [-0.2, 0) is 14.6 Å². The van der Waals surface area contributed by atoms with Crippen molar-refractivity contribution in [2.45, 2.75) is 13.8 Å². The van der Waals surface area contributed by atoms with Crippen LogP contribution in [-0.4, -0.2) is 46.5 Å². The minimum Gasteiger partial charge on any atom is -0.355 e. The Kier molecular flexibility index (Phi) is 5.23. The van der Waals surface area contributed by atoms with E-state index in [0.717, 1.165) is 6.26 Å².